The molecule has 0 aromatic carbocycles. The van der Waals surface area contributed by atoms with E-state index in [1.54, 1.807) is 11.7 Å². The summed E-state index contributed by atoms with van der Waals surface area (Å²) < 4.78 is 7.86. The van der Waals surface area contributed by atoms with E-state index in [-0.39, 0.29) is 12.6 Å². The molecular weight excluding hydrogens is 330 g/mol. The predicted octanol–water partition coefficient (Wildman–Crippen LogP) is 2.80. The van der Waals surface area contributed by atoms with E-state index in [9.17, 15) is 4.79 Å². The minimum absolute atomic E-state index is 0.260. The fourth-order valence-corrected chi connectivity index (χ4v) is 3.25. The molecule has 2 aromatic rings. The van der Waals surface area contributed by atoms with E-state index in [4.69, 9.17) is 4.74 Å². The highest BCUT2D eigenvalue weighted by Gasteiger charge is 2.24. The van der Waals surface area contributed by atoms with E-state index >= 15 is 0 Å². The minimum Gasteiger partial charge on any atom is -0.455 e. The van der Waals surface area contributed by atoms with Crippen LogP contribution in [-0.4, -0.2) is 20.5 Å². The van der Waals surface area contributed by atoms with Gasteiger partial charge in [0.05, 0.1) is 10.4 Å². The molecule has 0 saturated heterocycles. The smallest absolute Gasteiger partial charge is 0.358 e. The first-order chi connectivity index (χ1) is 9.25. The standard InChI is InChI=1S/C12H12BrN3O2S/c13-11-10(16-4-2-1-3-9(16)15-11)12(17)18-6-8-5-14-7-19-8/h5,7H,1-4,6H2. The maximum Gasteiger partial charge on any atom is 0.358 e. The Kier molecular flexibility index (Phi) is 3.65. The van der Waals surface area contributed by atoms with E-state index in [1.807, 2.05) is 4.57 Å². The number of fused-ring (bicyclic) bond motifs is 1. The number of esters is 1. The van der Waals surface area contributed by atoms with Crippen LogP contribution in [0.25, 0.3) is 0 Å². The molecule has 0 aliphatic carbocycles. The Morgan fingerprint density at radius 2 is 2.42 bits per heavy atom. The molecule has 0 N–H and O–H groups in total. The number of hydrogen-bond donors (Lipinski definition) is 0. The second-order valence-electron chi connectivity index (χ2n) is 4.32. The number of hydrogen-bond acceptors (Lipinski definition) is 5. The van der Waals surface area contributed by atoms with Gasteiger partial charge in [0.25, 0.3) is 0 Å². The first-order valence-electron chi connectivity index (χ1n) is 6.05. The predicted molar refractivity (Wildman–Crippen MR) is 74.1 cm³/mol. The second kappa shape index (κ2) is 5.42. The monoisotopic (exact) mass is 341 g/mol. The third-order valence-electron chi connectivity index (χ3n) is 3.06. The molecule has 0 bridgehead atoms. The molecule has 1 aliphatic heterocycles. The van der Waals surface area contributed by atoms with Gasteiger partial charge in [-0.15, -0.1) is 11.3 Å². The molecule has 0 saturated carbocycles. The first-order valence-corrected chi connectivity index (χ1v) is 7.72. The molecule has 100 valence electrons. The number of ether oxygens (including phenoxy) is 1. The number of carbonyl (C=O) groups is 1. The third-order valence-corrected chi connectivity index (χ3v) is 4.36. The summed E-state index contributed by atoms with van der Waals surface area (Å²) in [5, 5.41) is 0. The van der Waals surface area contributed by atoms with Crippen molar-refractivity contribution in [2.24, 2.45) is 0 Å². The van der Waals surface area contributed by atoms with E-state index < -0.39 is 0 Å². The molecule has 7 heteroatoms. The van der Waals surface area contributed by atoms with Gasteiger partial charge in [-0.05, 0) is 28.8 Å². The zero-order chi connectivity index (χ0) is 13.2. The van der Waals surface area contributed by atoms with Crippen LogP contribution in [0.2, 0.25) is 0 Å². The summed E-state index contributed by atoms with van der Waals surface area (Å²) >= 11 is 4.83. The van der Waals surface area contributed by atoms with Crippen molar-refractivity contribution in [2.45, 2.75) is 32.4 Å². The van der Waals surface area contributed by atoms with Crippen LogP contribution >= 0.6 is 27.3 Å². The van der Waals surface area contributed by atoms with Crippen molar-refractivity contribution in [3.63, 3.8) is 0 Å². The lowest BCUT2D eigenvalue weighted by atomic mass is 10.2. The van der Waals surface area contributed by atoms with E-state index in [0.717, 1.165) is 36.5 Å². The molecule has 0 unspecified atom stereocenters. The number of nitrogens with zero attached hydrogens (tertiary/aromatic N) is 3. The lowest BCUT2D eigenvalue weighted by Gasteiger charge is -2.15. The molecule has 5 nitrogen and oxygen atoms in total. The molecule has 2 aromatic heterocycles. The van der Waals surface area contributed by atoms with Gasteiger partial charge in [-0.25, -0.2) is 9.78 Å². The molecule has 3 rings (SSSR count). The summed E-state index contributed by atoms with van der Waals surface area (Å²) in [6, 6.07) is 0. The number of aryl methyl sites for hydroxylation is 1. The van der Waals surface area contributed by atoms with Crippen molar-refractivity contribution in [1.29, 1.82) is 0 Å². The molecule has 0 radical (unpaired) electrons. The minimum atomic E-state index is -0.332. The summed E-state index contributed by atoms with van der Waals surface area (Å²) in [6.45, 7) is 1.09. The largest absolute Gasteiger partial charge is 0.455 e. The van der Waals surface area contributed by atoms with E-state index in [1.165, 1.54) is 11.3 Å². The average molecular weight is 342 g/mol. The van der Waals surface area contributed by atoms with Gasteiger partial charge < -0.3 is 9.30 Å². The highest BCUT2D eigenvalue weighted by atomic mass is 79.9. The Bertz CT molecular complexity index is 594. The highest BCUT2D eigenvalue weighted by molar-refractivity contribution is 9.10. The molecule has 0 atom stereocenters. The summed E-state index contributed by atoms with van der Waals surface area (Å²) in [4.78, 5) is 21.4. The van der Waals surface area contributed by atoms with Gasteiger partial charge in [-0.3, -0.25) is 4.98 Å². The van der Waals surface area contributed by atoms with E-state index in [2.05, 4.69) is 25.9 Å². The molecule has 1 aliphatic rings. The van der Waals surface area contributed by atoms with Crippen LogP contribution in [0, 0.1) is 0 Å². The molecule has 0 amide bonds. The Morgan fingerprint density at radius 3 is 3.21 bits per heavy atom. The fourth-order valence-electron chi connectivity index (χ4n) is 2.16. The zero-order valence-corrected chi connectivity index (χ0v) is 12.5. The van der Waals surface area contributed by atoms with Crippen LogP contribution in [-0.2, 0) is 24.3 Å². The summed E-state index contributed by atoms with van der Waals surface area (Å²) in [5.74, 6) is 0.629. The number of halogens is 1. The number of imidazole rings is 1. The molecule has 0 fully saturated rings. The van der Waals surface area contributed by atoms with Crippen LogP contribution in [0.5, 0.6) is 0 Å². The Morgan fingerprint density at radius 1 is 1.53 bits per heavy atom. The summed E-state index contributed by atoms with van der Waals surface area (Å²) in [7, 11) is 0. The van der Waals surface area contributed by atoms with Gasteiger partial charge in [0, 0.05) is 19.2 Å². The first kappa shape index (κ1) is 12.8. The fraction of sp³-hybridized carbons (Fsp3) is 0.417. The van der Waals surface area contributed by atoms with Crippen LogP contribution in [0.4, 0.5) is 0 Å². The topological polar surface area (TPSA) is 57.0 Å². The summed E-state index contributed by atoms with van der Waals surface area (Å²) in [6.07, 6.45) is 4.82. The lowest BCUT2D eigenvalue weighted by molar-refractivity contribution is 0.0461. The zero-order valence-electron chi connectivity index (χ0n) is 10.1. The van der Waals surface area contributed by atoms with Crippen molar-refractivity contribution in [1.82, 2.24) is 14.5 Å². The van der Waals surface area contributed by atoms with Crippen molar-refractivity contribution >= 4 is 33.2 Å². The highest BCUT2D eigenvalue weighted by Crippen LogP contribution is 2.24. The number of carbonyl (C=O) groups excluding carboxylic acids is 1. The van der Waals surface area contributed by atoms with Crippen LogP contribution in [0.15, 0.2) is 16.3 Å². The Labute approximate surface area is 122 Å². The lowest BCUT2D eigenvalue weighted by Crippen LogP contribution is -2.17. The van der Waals surface area contributed by atoms with Gasteiger partial charge in [-0.2, -0.15) is 0 Å². The maximum absolute atomic E-state index is 12.2. The van der Waals surface area contributed by atoms with Gasteiger partial charge in [0.2, 0.25) is 0 Å². The van der Waals surface area contributed by atoms with Crippen LogP contribution in [0.1, 0.15) is 34.0 Å². The normalized spacial score (nSPS) is 14.2. The quantitative estimate of drug-likeness (QED) is 0.805. The molecule has 0 spiro atoms. The number of thiazole rings is 1. The molecule has 19 heavy (non-hydrogen) atoms. The van der Waals surface area contributed by atoms with Gasteiger partial charge in [0.15, 0.2) is 5.69 Å². The SMILES string of the molecule is O=C(OCc1cncs1)c1c(Br)nc2n1CCCC2. The van der Waals surface area contributed by atoms with Gasteiger partial charge >= 0.3 is 5.97 Å². The molecular formula is C12H12BrN3O2S. The number of aromatic nitrogens is 3. The van der Waals surface area contributed by atoms with Crippen molar-refractivity contribution in [3.05, 3.63) is 32.7 Å². The average Bonchev–Trinajstić information content (AvgIpc) is 3.02. The van der Waals surface area contributed by atoms with Crippen molar-refractivity contribution in [2.75, 3.05) is 0 Å². The van der Waals surface area contributed by atoms with Crippen molar-refractivity contribution in [3.8, 4) is 0 Å². The van der Waals surface area contributed by atoms with Crippen LogP contribution < -0.4 is 0 Å². The van der Waals surface area contributed by atoms with Gasteiger partial charge in [0.1, 0.15) is 17.0 Å². The third kappa shape index (κ3) is 2.57. The van der Waals surface area contributed by atoms with Gasteiger partial charge in [-0.1, -0.05) is 0 Å². The Hall–Kier alpha value is -1.21. The second-order valence-corrected chi connectivity index (χ2v) is 6.04. The van der Waals surface area contributed by atoms with Crippen molar-refractivity contribution < 1.29 is 9.53 Å². The molecule has 3 heterocycles. The summed E-state index contributed by atoms with van der Waals surface area (Å²) in [5.41, 5.74) is 2.25. The maximum atomic E-state index is 12.2. The Balaban J connectivity index is 1.78. The van der Waals surface area contributed by atoms with Crippen LogP contribution in [0.3, 0.4) is 0 Å². The number of rotatable bonds is 3. The van der Waals surface area contributed by atoms with E-state index in [0.29, 0.717) is 10.3 Å².